The highest BCUT2D eigenvalue weighted by Crippen LogP contribution is 2.34. The number of carboxylic acid groups (broad SMARTS) is 1. The van der Waals surface area contributed by atoms with E-state index in [0.29, 0.717) is 17.5 Å². The number of halogens is 3. The summed E-state index contributed by atoms with van der Waals surface area (Å²) in [6.45, 7) is 1.68. The van der Waals surface area contributed by atoms with Gasteiger partial charge in [-0.05, 0) is 36.1 Å². The lowest BCUT2D eigenvalue weighted by molar-refractivity contribution is -0.137. The summed E-state index contributed by atoms with van der Waals surface area (Å²) in [6.07, 6.45) is -2.34. The summed E-state index contributed by atoms with van der Waals surface area (Å²) in [5, 5.41) is 14.3. The summed E-state index contributed by atoms with van der Waals surface area (Å²) in [4.78, 5) is 12.2. The van der Waals surface area contributed by atoms with Gasteiger partial charge in [0.25, 0.3) is 0 Å². The first-order valence-corrected chi connectivity index (χ1v) is 9.51. The first-order chi connectivity index (χ1) is 13.7. The molecule has 4 aromatic rings. The van der Waals surface area contributed by atoms with Gasteiger partial charge in [-0.1, -0.05) is 30.3 Å². The Morgan fingerprint density at radius 3 is 2.62 bits per heavy atom. The molecule has 4 rings (SSSR count). The van der Waals surface area contributed by atoms with Crippen molar-refractivity contribution in [3.05, 3.63) is 82.0 Å². The molecule has 0 saturated carbocycles. The number of aromatic nitrogens is 2. The van der Waals surface area contributed by atoms with Crippen LogP contribution in [0.3, 0.4) is 0 Å². The Bertz CT molecular complexity index is 1220. The smallest absolute Gasteiger partial charge is 0.416 e. The van der Waals surface area contributed by atoms with E-state index >= 15 is 0 Å². The van der Waals surface area contributed by atoms with Crippen LogP contribution in [0.15, 0.2) is 54.7 Å². The molecular weight excluding hydrogens is 401 g/mol. The Balaban J connectivity index is 1.72. The van der Waals surface area contributed by atoms with Crippen LogP contribution in [-0.4, -0.2) is 20.9 Å². The fourth-order valence-electron chi connectivity index (χ4n) is 3.22. The summed E-state index contributed by atoms with van der Waals surface area (Å²) in [6, 6.07) is 12.9. The van der Waals surface area contributed by atoms with Crippen molar-refractivity contribution < 1.29 is 23.1 Å². The Kier molecular flexibility index (Phi) is 4.66. The molecule has 0 spiro atoms. The number of hydrogen-bond donors (Lipinski definition) is 1. The quantitative estimate of drug-likeness (QED) is 0.464. The van der Waals surface area contributed by atoms with Gasteiger partial charge in [0, 0.05) is 23.1 Å². The van der Waals surface area contributed by atoms with Crippen molar-refractivity contribution in [2.24, 2.45) is 0 Å². The number of aryl methyl sites for hydroxylation is 1. The molecule has 0 aliphatic heterocycles. The average molecular weight is 416 g/mol. The van der Waals surface area contributed by atoms with E-state index < -0.39 is 17.7 Å². The minimum absolute atomic E-state index is 0.0113. The van der Waals surface area contributed by atoms with E-state index in [1.807, 2.05) is 24.3 Å². The first kappa shape index (κ1) is 19.2. The summed E-state index contributed by atoms with van der Waals surface area (Å²) in [5.74, 6) is -1.09. The molecule has 0 atom stereocenters. The van der Waals surface area contributed by atoms with Crippen molar-refractivity contribution in [2.45, 2.75) is 19.5 Å². The number of aromatic carboxylic acids is 1. The molecular formula is C21H15F3N2O2S. The fourth-order valence-corrected chi connectivity index (χ4v) is 4.42. The number of thiophene rings is 1. The summed E-state index contributed by atoms with van der Waals surface area (Å²) >= 11 is 1.46. The third-order valence-electron chi connectivity index (χ3n) is 4.55. The molecule has 2 aromatic carbocycles. The van der Waals surface area contributed by atoms with Gasteiger partial charge >= 0.3 is 12.1 Å². The van der Waals surface area contributed by atoms with Gasteiger partial charge in [0.2, 0.25) is 0 Å². The number of carboxylic acids is 1. The van der Waals surface area contributed by atoms with E-state index in [1.54, 1.807) is 19.2 Å². The van der Waals surface area contributed by atoms with Crippen LogP contribution in [0.4, 0.5) is 13.2 Å². The standard InChI is InChI=1S/C21H15F3N2O2S/c1-12-11-26(25-18(12)20(27)28)17-7-3-5-14-10-16(29-19(14)17)9-13-4-2-6-15(8-13)21(22,23)24/h2-8,10-11H,9H2,1H3,(H,27,28). The molecule has 0 amide bonds. The molecule has 2 aromatic heterocycles. The van der Waals surface area contributed by atoms with Crippen molar-refractivity contribution in [2.75, 3.05) is 0 Å². The van der Waals surface area contributed by atoms with E-state index in [0.717, 1.165) is 26.7 Å². The first-order valence-electron chi connectivity index (χ1n) is 8.70. The Morgan fingerprint density at radius 1 is 1.17 bits per heavy atom. The number of carbonyl (C=O) groups is 1. The van der Waals surface area contributed by atoms with Crippen molar-refractivity contribution in [3.63, 3.8) is 0 Å². The van der Waals surface area contributed by atoms with Crippen molar-refractivity contribution in [1.29, 1.82) is 0 Å². The molecule has 4 nitrogen and oxygen atoms in total. The maximum atomic E-state index is 13.0. The van der Waals surface area contributed by atoms with Crippen molar-refractivity contribution >= 4 is 27.4 Å². The molecule has 2 heterocycles. The zero-order valence-electron chi connectivity index (χ0n) is 15.2. The largest absolute Gasteiger partial charge is 0.476 e. The molecule has 0 aliphatic rings. The van der Waals surface area contributed by atoms with Gasteiger partial charge in [-0.3, -0.25) is 0 Å². The zero-order chi connectivity index (χ0) is 20.8. The van der Waals surface area contributed by atoms with Crippen LogP contribution in [0.2, 0.25) is 0 Å². The third kappa shape index (κ3) is 3.75. The predicted octanol–water partition coefficient (Wildman–Crippen LogP) is 5.70. The molecule has 0 bridgehead atoms. The molecule has 0 unspecified atom stereocenters. The lowest BCUT2D eigenvalue weighted by Gasteiger charge is -2.08. The van der Waals surface area contributed by atoms with Crippen LogP contribution >= 0.6 is 11.3 Å². The maximum Gasteiger partial charge on any atom is 0.416 e. The van der Waals surface area contributed by atoms with Gasteiger partial charge in [-0.2, -0.15) is 18.3 Å². The summed E-state index contributed by atoms with van der Waals surface area (Å²) in [5.41, 5.74) is 1.19. The molecule has 1 N–H and O–H groups in total. The highest BCUT2D eigenvalue weighted by atomic mass is 32.1. The van der Waals surface area contributed by atoms with E-state index in [4.69, 9.17) is 0 Å². The van der Waals surface area contributed by atoms with Gasteiger partial charge in [-0.15, -0.1) is 11.3 Å². The Labute approximate surface area is 167 Å². The van der Waals surface area contributed by atoms with Gasteiger partial charge < -0.3 is 5.11 Å². The molecule has 8 heteroatoms. The highest BCUT2D eigenvalue weighted by molar-refractivity contribution is 7.19. The third-order valence-corrected chi connectivity index (χ3v) is 5.73. The summed E-state index contributed by atoms with van der Waals surface area (Å²) < 4.78 is 41.3. The number of rotatable bonds is 4. The van der Waals surface area contributed by atoms with Crippen molar-refractivity contribution in [1.82, 2.24) is 9.78 Å². The average Bonchev–Trinajstić information content (AvgIpc) is 3.23. The number of nitrogens with zero attached hydrogens (tertiary/aromatic N) is 2. The van der Waals surface area contributed by atoms with Crippen LogP contribution in [0.25, 0.3) is 15.8 Å². The van der Waals surface area contributed by atoms with E-state index in [9.17, 15) is 23.1 Å². The van der Waals surface area contributed by atoms with Gasteiger partial charge in [-0.25, -0.2) is 9.48 Å². The second kappa shape index (κ2) is 7.04. The van der Waals surface area contributed by atoms with Crippen LogP contribution in [0.5, 0.6) is 0 Å². The molecule has 0 fully saturated rings. The van der Waals surface area contributed by atoms with Gasteiger partial charge in [0.1, 0.15) is 0 Å². The van der Waals surface area contributed by atoms with Crippen LogP contribution in [0.1, 0.15) is 32.1 Å². The SMILES string of the molecule is Cc1cn(-c2cccc3cc(Cc4cccc(C(F)(F)F)c4)sc23)nc1C(=O)O. The van der Waals surface area contributed by atoms with Gasteiger partial charge in [0.05, 0.1) is 16.0 Å². The van der Waals surface area contributed by atoms with E-state index in [-0.39, 0.29) is 5.69 Å². The number of benzene rings is 2. The minimum atomic E-state index is -4.37. The fraction of sp³-hybridized carbons (Fsp3) is 0.143. The van der Waals surface area contributed by atoms with Crippen molar-refractivity contribution in [3.8, 4) is 5.69 Å². The molecule has 29 heavy (non-hydrogen) atoms. The lowest BCUT2D eigenvalue weighted by Crippen LogP contribution is -2.05. The second-order valence-corrected chi connectivity index (χ2v) is 7.83. The number of hydrogen-bond acceptors (Lipinski definition) is 3. The molecule has 148 valence electrons. The van der Waals surface area contributed by atoms with Crippen LogP contribution in [-0.2, 0) is 12.6 Å². The lowest BCUT2D eigenvalue weighted by atomic mass is 10.1. The van der Waals surface area contributed by atoms with Crippen LogP contribution in [0, 0.1) is 6.92 Å². The van der Waals surface area contributed by atoms with E-state index in [1.165, 1.54) is 28.2 Å². The topological polar surface area (TPSA) is 55.1 Å². The normalized spacial score (nSPS) is 11.9. The predicted molar refractivity (Wildman–Crippen MR) is 105 cm³/mol. The zero-order valence-corrected chi connectivity index (χ0v) is 16.0. The van der Waals surface area contributed by atoms with Gasteiger partial charge in [0.15, 0.2) is 5.69 Å². The number of alkyl halides is 3. The van der Waals surface area contributed by atoms with E-state index in [2.05, 4.69) is 5.10 Å². The maximum absolute atomic E-state index is 13.0. The Hall–Kier alpha value is -3.13. The highest BCUT2D eigenvalue weighted by Gasteiger charge is 2.30. The Morgan fingerprint density at radius 2 is 1.93 bits per heavy atom. The second-order valence-electron chi connectivity index (χ2n) is 6.69. The van der Waals surface area contributed by atoms with Crippen LogP contribution < -0.4 is 0 Å². The number of fused-ring (bicyclic) bond motifs is 1. The monoisotopic (exact) mass is 416 g/mol. The summed E-state index contributed by atoms with van der Waals surface area (Å²) in [7, 11) is 0. The molecule has 0 radical (unpaired) electrons. The molecule has 0 saturated heterocycles. The minimum Gasteiger partial charge on any atom is -0.476 e. The molecule has 0 aliphatic carbocycles.